The van der Waals surface area contributed by atoms with Gasteiger partial charge in [-0.3, -0.25) is 0 Å². The van der Waals surface area contributed by atoms with Crippen molar-refractivity contribution in [2.45, 2.75) is 11.6 Å². The summed E-state index contributed by atoms with van der Waals surface area (Å²) in [5, 5.41) is 0.141. The molecule has 1 unspecified atom stereocenters. The van der Waals surface area contributed by atoms with Gasteiger partial charge in [-0.05, 0) is 28.1 Å². The van der Waals surface area contributed by atoms with Crippen molar-refractivity contribution in [1.29, 1.82) is 0 Å². The van der Waals surface area contributed by atoms with E-state index in [1.165, 1.54) is 12.1 Å². The van der Waals surface area contributed by atoms with Crippen LogP contribution in [0.4, 0.5) is 4.39 Å². The van der Waals surface area contributed by atoms with Gasteiger partial charge in [0.25, 0.3) is 0 Å². The third kappa shape index (κ3) is 2.28. The molecule has 0 radical (unpaired) electrons. The molecule has 0 heterocycles. The zero-order valence-corrected chi connectivity index (χ0v) is 9.42. The van der Waals surface area contributed by atoms with Gasteiger partial charge in [0.05, 0.1) is 9.92 Å². The Bertz CT molecular complexity index is 359. The van der Waals surface area contributed by atoms with Crippen LogP contribution in [0.1, 0.15) is 5.56 Å². The van der Waals surface area contributed by atoms with E-state index in [2.05, 4.69) is 15.9 Å². The van der Waals surface area contributed by atoms with Crippen molar-refractivity contribution < 1.29 is 13.2 Å². The average Bonchev–Trinajstić information content (AvgIpc) is 2.09. The molecule has 72 valence electrons. The molecule has 0 saturated heterocycles. The molecule has 0 aliphatic carbocycles. The summed E-state index contributed by atoms with van der Waals surface area (Å²) in [7, 11) is 0. The van der Waals surface area contributed by atoms with Crippen LogP contribution in [0.5, 0.6) is 0 Å². The SMILES string of the molecule is O=S(O)c1ccc(Br)c(Cl)c1CF. The van der Waals surface area contributed by atoms with E-state index >= 15 is 0 Å². The fourth-order valence-corrected chi connectivity index (χ4v) is 2.06. The first kappa shape index (κ1) is 11.1. The van der Waals surface area contributed by atoms with Crippen LogP contribution in [0.25, 0.3) is 0 Å². The van der Waals surface area contributed by atoms with Gasteiger partial charge in [0.15, 0.2) is 11.1 Å². The van der Waals surface area contributed by atoms with Gasteiger partial charge in [-0.1, -0.05) is 11.6 Å². The number of benzene rings is 1. The molecule has 0 bridgehead atoms. The highest BCUT2D eigenvalue weighted by molar-refractivity contribution is 9.10. The summed E-state index contributed by atoms with van der Waals surface area (Å²) in [4.78, 5) is 0.00991. The maximum atomic E-state index is 12.4. The van der Waals surface area contributed by atoms with Crippen molar-refractivity contribution in [2.24, 2.45) is 0 Å². The van der Waals surface area contributed by atoms with Gasteiger partial charge in [-0.15, -0.1) is 0 Å². The number of rotatable bonds is 2. The normalized spacial score (nSPS) is 12.9. The molecule has 0 fully saturated rings. The van der Waals surface area contributed by atoms with E-state index < -0.39 is 17.8 Å². The molecule has 1 aromatic rings. The Morgan fingerprint density at radius 3 is 2.69 bits per heavy atom. The summed E-state index contributed by atoms with van der Waals surface area (Å²) in [6, 6.07) is 2.87. The van der Waals surface area contributed by atoms with Gasteiger partial charge in [0.2, 0.25) is 0 Å². The Balaban J connectivity index is 3.38. The average molecular weight is 288 g/mol. The molecule has 0 aliphatic rings. The summed E-state index contributed by atoms with van der Waals surface area (Å²) < 4.78 is 32.4. The van der Waals surface area contributed by atoms with Gasteiger partial charge in [-0.2, -0.15) is 0 Å². The largest absolute Gasteiger partial charge is 0.302 e. The van der Waals surface area contributed by atoms with Crippen LogP contribution in [0.15, 0.2) is 21.5 Å². The molecular formula is C7H5BrClFO2S. The quantitative estimate of drug-likeness (QED) is 0.849. The molecule has 1 aromatic carbocycles. The zero-order chi connectivity index (χ0) is 10.0. The molecule has 1 rings (SSSR count). The topological polar surface area (TPSA) is 37.3 Å². The first-order valence-corrected chi connectivity index (χ1v) is 5.49. The van der Waals surface area contributed by atoms with Crippen LogP contribution >= 0.6 is 27.5 Å². The minimum Gasteiger partial charge on any atom is -0.302 e. The third-order valence-electron chi connectivity index (χ3n) is 1.47. The Morgan fingerprint density at radius 2 is 2.23 bits per heavy atom. The van der Waals surface area contributed by atoms with E-state index in [1.54, 1.807) is 0 Å². The summed E-state index contributed by atoms with van der Waals surface area (Å²) in [5.41, 5.74) is 0.0527. The van der Waals surface area contributed by atoms with E-state index in [0.717, 1.165) is 0 Å². The van der Waals surface area contributed by atoms with Crippen LogP contribution in [0.3, 0.4) is 0 Å². The Labute approximate surface area is 90.5 Å². The highest BCUT2D eigenvalue weighted by atomic mass is 79.9. The maximum Gasteiger partial charge on any atom is 0.186 e. The monoisotopic (exact) mass is 286 g/mol. The summed E-state index contributed by atoms with van der Waals surface area (Å²) in [5.74, 6) is 0. The fourth-order valence-electron chi connectivity index (χ4n) is 0.863. The molecule has 0 aliphatic heterocycles. The van der Waals surface area contributed by atoms with Crippen molar-refractivity contribution >= 4 is 38.6 Å². The minimum atomic E-state index is -2.20. The van der Waals surface area contributed by atoms with Crippen LogP contribution < -0.4 is 0 Å². The molecule has 6 heteroatoms. The second-order valence-corrected chi connectivity index (χ2v) is 4.39. The Morgan fingerprint density at radius 1 is 1.62 bits per heavy atom. The first-order chi connectivity index (χ1) is 6.07. The van der Waals surface area contributed by atoms with E-state index in [1.807, 2.05) is 0 Å². The van der Waals surface area contributed by atoms with Gasteiger partial charge in [0, 0.05) is 10.0 Å². The second kappa shape index (κ2) is 4.50. The van der Waals surface area contributed by atoms with Crippen molar-refractivity contribution in [3.63, 3.8) is 0 Å². The minimum absolute atomic E-state index is 0.00991. The van der Waals surface area contributed by atoms with Crippen LogP contribution in [-0.2, 0) is 17.8 Å². The van der Waals surface area contributed by atoms with Gasteiger partial charge in [0.1, 0.15) is 6.67 Å². The first-order valence-electron chi connectivity index (χ1n) is 3.21. The molecule has 1 N–H and O–H groups in total. The lowest BCUT2D eigenvalue weighted by atomic mass is 10.2. The number of hydrogen-bond acceptors (Lipinski definition) is 1. The predicted octanol–water partition coefficient (Wildman–Crippen LogP) is 3.15. The van der Waals surface area contributed by atoms with Crippen molar-refractivity contribution in [3.05, 3.63) is 27.2 Å². The van der Waals surface area contributed by atoms with Crippen LogP contribution in [0, 0.1) is 0 Å². The smallest absolute Gasteiger partial charge is 0.186 e. The lowest BCUT2D eigenvalue weighted by Crippen LogP contribution is -1.96. The molecule has 0 amide bonds. The maximum absolute atomic E-state index is 12.4. The Hall–Kier alpha value is 0.0300. The van der Waals surface area contributed by atoms with Crippen LogP contribution in [-0.4, -0.2) is 8.76 Å². The molecule has 0 spiro atoms. The van der Waals surface area contributed by atoms with E-state index in [0.29, 0.717) is 4.47 Å². The molecule has 1 atom stereocenters. The van der Waals surface area contributed by atoms with Gasteiger partial charge >= 0.3 is 0 Å². The predicted molar refractivity (Wildman–Crippen MR) is 53.0 cm³/mol. The van der Waals surface area contributed by atoms with E-state index in [4.69, 9.17) is 16.2 Å². The lowest BCUT2D eigenvalue weighted by Gasteiger charge is -2.05. The molecule has 0 saturated carbocycles. The van der Waals surface area contributed by atoms with Gasteiger partial charge < -0.3 is 4.55 Å². The summed E-state index contributed by atoms with van der Waals surface area (Å²) >= 11 is 6.60. The highest BCUT2D eigenvalue weighted by Gasteiger charge is 2.13. The van der Waals surface area contributed by atoms with Crippen molar-refractivity contribution in [3.8, 4) is 0 Å². The van der Waals surface area contributed by atoms with Crippen molar-refractivity contribution in [2.75, 3.05) is 0 Å². The standard InChI is InChI=1S/C7H5BrClFO2S/c8-5-1-2-6(13(11)12)4(3-10)7(5)9/h1-2H,3H2,(H,11,12). The van der Waals surface area contributed by atoms with Gasteiger partial charge in [-0.25, -0.2) is 8.60 Å². The number of alkyl halides is 1. The van der Waals surface area contributed by atoms with E-state index in [-0.39, 0.29) is 15.5 Å². The highest BCUT2D eigenvalue weighted by Crippen LogP contribution is 2.30. The Kier molecular flexibility index (Phi) is 3.85. The second-order valence-electron chi connectivity index (χ2n) is 2.22. The fraction of sp³-hybridized carbons (Fsp3) is 0.143. The molecule has 13 heavy (non-hydrogen) atoms. The summed E-state index contributed by atoms with van der Waals surface area (Å²) in [6.07, 6.45) is 0. The van der Waals surface area contributed by atoms with Crippen LogP contribution in [0.2, 0.25) is 5.02 Å². The van der Waals surface area contributed by atoms with Crippen molar-refractivity contribution in [1.82, 2.24) is 0 Å². The molecular weight excluding hydrogens is 282 g/mol. The molecule has 0 aromatic heterocycles. The molecule has 2 nitrogen and oxygen atoms in total. The number of hydrogen-bond donors (Lipinski definition) is 1. The zero-order valence-electron chi connectivity index (χ0n) is 6.26. The summed E-state index contributed by atoms with van der Waals surface area (Å²) in [6.45, 7) is -0.861. The van der Waals surface area contributed by atoms with E-state index in [9.17, 15) is 8.60 Å². The third-order valence-corrected chi connectivity index (χ3v) is 3.55. The lowest BCUT2D eigenvalue weighted by molar-refractivity contribution is 0.476. The number of halogens is 3.